The van der Waals surface area contributed by atoms with Crippen LogP contribution in [0, 0.1) is 34.5 Å². The lowest BCUT2D eigenvalue weighted by Gasteiger charge is -2.19. The van der Waals surface area contributed by atoms with Crippen molar-refractivity contribution in [1.29, 1.82) is 5.41 Å². The van der Waals surface area contributed by atoms with Gasteiger partial charge in [0.05, 0.1) is 18.3 Å². The summed E-state index contributed by atoms with van der Waals surface area (Å²) in [5.74, 6) is -10.5. The fourth-order valence-corrected chi connectivity index (χ4v) is 3.57. The molecule has 0 saturated heterocycles. The zero-order chi connectivity index (χ0) is 25.4. The SMILES string of the molecule is C[NH2+]/C(=C\C(=N)c1c(F)c(F)c(F)c(F)c1F)c1cc(-c2ccc(C(C)(C)C)cc2)cc[n+]1C. The average molecular weight is 476 g/mol. The largest absolute Gasteiger partial charge is 0.310 e. The molecule has 0 spiro atoms. The topological polar surface area (TPSA) is 44.3 Å². The van der Waals surface area contributed by atoms with Crippen molar-refractivity contribution in [1.82, 2.24) is 0 Å². The second kappa shape index (κ2) is 9.46. The Morgan fingerprint density at radius 3 is 1.88 bits per heavy atom. The lowest BCUT2D eigenvalue weighted by Crippen LogP contribution is -2.77. The maximum absolute atomic E-state index is 14.2. The number of aryl methyl sites for hydroxylation is 1. The highest BCUT2D eigenvalue weighted by molar-refractivity contribution is 6.09. The molecule has 0 atom stereocenters. The van der Waals surface area contributed by atoms with E-state index in [0.717, 1.165) is 17.2 Å². The quantitative estimate of drug-likeness (QED) is 0.176. The highest BCUT2D eigenvalue weighted by Gasteiger charge is 2.28. The van der Waals surface area contributed by atoms with Crippen LogP contribution < -0.4 is 9.88 Å². The number of nitrogens with zero attached hydrogens (tertiary/aromatic N) is 1. The highest BCUT2D eigenvalue weighted by Crippen LogP contribution is 2.27. The van der Waals surface area contributed by atoms with Crippen molar-refractivity contribution in [2.45, 2.75) is 26.2 Å². The molecule has 3 N–H and O–H groups in total. The van der Waals surface area contributed by atoms with E-state index in [9.17, 15) is 22.0 Å². The molecule has 0 saturated carbocycles. The summed E-state index contributed by atoms with van der Waals surface area (Å²) in [6, 6.07) is 11.8. The van der Waals surface area contributed by atoms with E-state index in [0.29, 0.717) is 11.4 Å². The van der Waals surface area contributed by atoms with Gasteiger partial charge in [-0.3, -0.25) is 5.41 Å². The van der Waals surface area contributed by atoms with Crippen molar-refractivity contribution in [3.05, 3.63) is 94.6 Å². The molecule has 0 aliphatic carbocycles. The molecule has 0 radical (unpaired) electrons. The van der Waals surface area contributed by atoms with Crippen LogP contribution in [-0.4, -0.2) is 12.8 Å². The van der Waals surface area contributed by atoms with Crippen LogP contribution in [0.1, 0.15) is 37.6 Å². The van der Waals surface area contributed by atoms with Crippen LogP contribution in [-0.2, 0) is 12.5 Å². The Bertz CT molecular complexity index is 1260. The smallest absolute Gasteiger partial charge is 0.266 e. The molecule has 3 rings (SSSR count). The average Bonchev–Trinajstić information content (AvgIpc) is 2.80. The zero-order valence-corrected chi connectivity index (χ0v) is 19.5. The van der Waals surface area contributed by atoms with Gasteiger partial charge in [0.15, 0.2) is 29.5 Å². The number of aromatic nitrogens is 1. The van der Waals surface area contributed by atoms with Crippen LogP contribution >= 0.6 is 0 Å². The van der Waals surface area contributed by atoms with Crippen LogP contribution in [0.4, 0.5) is 22.0 Å². The Balaban J connectivity index is 2.06. The van der Waals surface area contributed by atoms with Gasteiger partial charge in [0, 0.05) is 18.2 Å². The Kier molecular flexibility index (Phi) is 7.02. The number of hydrogen-bond donors (Lipinski definition) is 2. The highest BCUT2D eigenvalue weighted by atomic mass is 19.2. The fraction of sp³-hybridized carbons (Fsp3) is 0.231. The summed E-state index contributed by atoms with van der Waals surface area (Å²) in [4.78, 5) is 0. The first-order valence-corrected chi connectivity index (χ1v) is 10.6. The van der Waals surface area contributed by atoms with Crippen molar-refractivity contribution in [2.24, 2.45) is 7.05 Å². The van der Waals surface area contributed by atoms with E-state index in [2.05, 4.69) is 20.8 Å². The molecule has 1 heterocycles. The third-order valence-electron chi connectivity index (χ3n) is 5.62. The molecule has 3 aromatic rings. The van der Waals surface area contributed by atoms with Crippen molar-refractivity contribution in [2.75, 3.05) is 7.05 Å². The molecule has 3 nitrogen and oxygen atoms in total. The van der Waals surface area contributed by atoms with Crippen molar-refractivity contribution in [3.8, 4) is 11.1 Å². The van der Waals surface area contributed by atoms with Crippen LogP contribution in [0.3, 0.4) is 0 Å². The minimum absolute atomic E-state index is 0.00407. The predicted molar refractivity (Wildman–Crippen MR) is 121 cm³/mol. The Labute approximate surface area is 195 Å². The Morgan fingerprint density at radius 2 is 1.38 bits per heavy atom. The zero-order valence-electron chi connectivity index (χ0n) is 19.5. The molecule has 0 bridgehead atoms. The van der Waals surface area contributed by atoms with Gasteiger partial charge in [-0.15, -0.1) is 0 Å². The maximum atomic E-state index is 14.2. The van der Waals surface area contributed by atoms with E-state index >= 15 is 0 Å². The predicted octanol–water partition coefficient (Wildman–Crippen LogP) is 4.77. The van der Waals surface area contributed by atoms with Gasteiger partial charge in [0.2, 0.25) is 11.5 Å². The van der Waals surface area contributed by atoms with Gasteiger partial charge >= 0.3 is 0 Å². The third-order valence-corrected chi connectivity index (χ3v) is 5.62. The Morgan fingerprint density at radius 1 is 0.853 bits per heavy atom. The second-order valence-corrected chi connectivity index (χ2v) is 8.99. The van der Waals surface area contributed by atoms with Crippen LogP contribution in [0.15, 0.2) is 48.7 Å². The van der Waals surface area contributed by atoms with E-state index in [4.69, 9.17) is 5.41 Å². The van der Waals surface area contributed by atoms with Gasteiger partial charge < -0.3 is 5.32 Å². The van der Waals surface area contributed by atoms with E-state index in [1.165, 1.54) is 5.56 Å². The summed E-state index contributed by atoms with van der Waals surface area (Å²) in [5.41, 5.74) is 1.86. The third kappa shape index (κ3) is 4.77. The van der Waals surface area contributed by atoms with Crippen LogP contribution in [0.5, 0.6) is 0 Å². The number of pyridine rings is 1. The Hall–Kier alpha value is -3.39. The summed E-state index contributed by atoms with van der Waals surface area (Å²) < 4.78 is 70.7. The molecule has 0 amide bonds. The molecule has 0 aliphatic heterocycles. The number of quaternary nitrogens is 1. The van der Waals surface area contributed by atoms with E-state index in [-0.39, 0.29) is 5.41 Å². The first-order valence-electron chi connectivity index (χ1n) is 10.6. The molecular formula is C26H26F5N3+2. The molecule has 34 heavy (non-hydrogen) atoms. The van der Waals surface area contributed by atoms with Crippen molar-refractivity contribution >= 4 is 11.4 Å². The minimum Gasteiger partial charge on any atom is -0.310 e. The number of allylic oxidation sites excluding steroid dienone is 1. The lowest BCUT2D eigenvalue weighted by atomic mass is 9.86. The number of halogens is 5. The summed E-state index contributed by atoms with van der Waals surface area (Å²) >= 11 is 0. The van der Waals surface area contributed by atoms with E-state index in [1.807, 2.05) is 36.4 Å². The van der Waals surface area contributed by atoms with Gasteiger partial charge in [-0.05, 0) is 22.1 Å². The lowest BCUT2D eigenvalue weighted by molar-refractivity contribution is -0.682. The van der Waals surface area contributed by atoms with E-state index in [1.54, 1.807) is 30.2 Å². The molecule has 0 unspecified atom stereocenters. The molecule has 1 aromatic heterocycles. The maximum Gasteiger partial charge on any atom is 0.266 e. The molecular weight excluding hydrogens is 449 g/mol. The van der Waals surface area contributed by atoms with Gasteiger partial charge in [0.25, 0.3) is 5.69 Å². The summed E-state index contributed by atoms with van der Waals surface area (Å²) in [5, 5.41) is 9.69. The van der Waals surface area contributed by atoms with Gasteiger partial charge in [-0.25, -0.2) is 22.0 Å². The molecule has 8 heteroatoms. The molecule has 0 fully saturated rings. The number of rotatable bonds is 5. The summed E-state index contributed by atoms with van der Waals surface area (Å²) in [7, 11) is 3.41. The molecule has 2 aromatic carbocycles. The van der Waals surface area contributed by atoms with Gasteiger partial charge in [-0.2, -0.15) is 4.57 Å². The molecule has 0 aliphatic rings. The van der Waals surface area contributed by atoms with Crippen molar-refractivity contribution in [3.63, 3.8) is 0 Å². The minimum atomic E-state index is -2.26. The standard InChI is InChI=1S/C26H25F5N3/c1-26(2,3)16-8-6-14(7-9-16)15-10-11-34(5)19(12-15)18(33-4)13-17(32)20-21(27)23(29)25(31)24(30)22(20)28/h6-13,32-33H,1-5H3/q+1/p+1/b18-13-,32-17?. The summed E-state index contributed by atoms with van der Waals surface area (Å²) in [6.07, 6.45) is 2.88. The number of benzene rings is 2. The number of nitrogens with one attached hydrogen (secondary N) is 1. The molecule has 178 valence electrons. The first kappa shape index (κ1) is 25.2. The van der Waals surface area contributed by atoms with E-state index < -0.39 is 40.4 Å². The fourth-order valence-electron chi connectivity index (χ4n) is 3.57. The second-order valence-electron chi connectivity index (χ2n) is 8.99. The summed E-state index contributed by atoms with van der Waals surface area (Å²) in [6.45, 7) is 6.36. The number of nitrogens with two attached hydrogens (primary N) is 1. The number of hydrogen-bond acceptors (Lipinski definition) is 1. The van der Waals surface area contributed by atoms with Gasteiger partial charge in [0.1, 0.15) is 7.05 Å². The van der Waals surface area contributed by atoms with Crippen LogP contribution in [0.2, 0.25) is 0 Å². The van der Waals surface area contributed by atoms with Crippen molar-refractivity contribution < 1.29 is 31.8 Å². The van der Waals surface area contributed by atoms with Gasteiger partial charge in [-0.1, -0.05) is 45.0 Å². The van der Waals surface area contributed by atoms with Crippen LogP contribution in [0.25, 0.3) is 16.8 Å². The first-order chi connectivity index (χ1) is 15.9. The monoisotopic (exact) mass is 475 g/mol. The normalized spacial score (nSPS) is 12.2.